The summed E-state index contributed by atoms with van der Waals surface area (Å²) in [7, 11) is 0. The second-order valence-electron chi connectivity index (χ2n) is 10.2. The topological polar surface area (TPSA) is 91.4 Å². The fourth-order valence-electron chi connectivity index (χ4n) is 5.21. The lowest BCUT2D eigenvalue weighted by Gasteiger charge is -2.27. The second-order valence-corrected chi connectivity index (χ2v) is 10.2. The Hall–Kier alpha value is -4.07. The third kappa shape index (κ3) is 4.59. The van der Waals surface area contributed by atoms with E-state index >= 15 is 0 Å². The molecule has 2 N–H and O–H groups in total. The Bertz CT molecular complexity index is 1410. The van der Waals surface area contributed by atoms with E-state index in [1.165, 1.54) is 18.7 Å². The number of pyridine rings is 1. The van der Waals surface area contributed by atoms with Crippen molar-refractivity contribution in [2.45, 2.75) is 44.3 Å². The molecule has 0 fully saturated rings. The van der Waals surface area contributed by atoms with E-state index in [2.05, 4.69) is 22.5 Å². The molecule has 37 heavy (non-hydrogen) atoms. The summed E-state index contributed by atoms with van der Waals surface area (Å²) in [5.41, 5.74) is 2.04. The number of halogens is 1. The van der Waals surface area contributed by atoms with Crippen molar-refractivity contribution >= 4 is 29.2 Å². The van der Waals surface area contributed by atoms with Crippen molar-refractivity contribution in [3.8, 4) is 0 Å². The molecule has 7 nitrogen and oxygen atoms in total. The molecule has 2 aromatic carbocycles. The third-order valence-electron chi connectivity index (χ3n) is 7.07. The Balaban J connectivity index is 1.32. The molecule has 5 rings (SSSR count). The minimum Gasteiger partial charge on any atom is -0.326 e. The van der Waals surface area contributed by atoms with Gasteiger partial charge in [0.25, 0.3) is 5.91 Å². The first-order valence-electron chi connectivity index (χ1n) is 12.1. The predicted octanol–water partition coefficient (Wildman–Crippen LogP) is 3.97. The van der Waals surface area contributed by atoms with Gasteiger partial charge in [0, 0.05) is 24.0 Å². The molecule has 1 atom stereocenters. The average Bonchev–Trinajstić information content (AvgIpc) is 3.36. The first-order valence-corrected chi connectivity index (χ1v) is 12.1. The highest BCUT2D eigenvalue weighted by atomic mass is 19.1. The molecular weight excluding hydrogens is 471 g/mol. The van der Waals surface area contributed by atoms with Crippen LogP contribution in [0, 0.1) is 6.92 Å². The number of benzene rings is 2. The van der Waals surface area contributed by atoms with Gasteiger partial charge < -0.3 is 15.5 Å². The zero-order valence-electron chi connectivity index (χ0n) is 20.8. The number of carbonyl (C=O) groups excluding carboxylic acids is 3. The zero-order chi connectivity index (χ0) is 26.4. The molecule has 1 spiro atoms. The van der Waals surface area contributed by atoms with Crippen molar-refractivity contribution < 1.29 is 18.8 Å². The quantitative estimate of drug-likeness (QED) is 0.537. The number of nitrogens with one attached hydrogen (secondary N) is 2. The number of hydrogen-bond acceptors (Lipinski definition) is 4. The summed E-state index contributed by atoms with van der Waals surface area (Å²) in [6.07, 6.45) is 2.71. The van der Waals surface area contributed by atoms with E-state index in [1.54, 1.807) is 24.4 Å². The summed E-state index contributed by atoms with van der Waals surface area (Å²) in [6, 6.07) is 16.5. The van der Waals surface area contributed by atoms with Crippen molar-refractivity contribution in [3.05, 3.63) is 95.5 Å². The van der Waals surface area contributed by atoms with Crippen LogP contribution in [-0.2, 0) is 39.2 Å². The standard InChI is InChI=1S/C29H28FN4O3/c1-18-7-4-5-8-20(18)16-34(27(37)28(2,3)30)17-24(35)32-22-11-10-19-14-29(15-21(19)13-22)23-9-6-12-31-25(23)33-26(29)36/h4-13H,1,14-17H2,2-3H3,(H,32,35)(H,31,33,36). The predicted molar refractivity (Wildman–Crippen MR) is 139 cm³/mol. The lowest BCUT2D eigenvalue weighted by atomic mass is 9.79. The van der Waals surface area contributed by atoms with Crippen LogP contribution in [0.1, 0.15) is 41.7 Å². The highest BCUT2D eigenvalue weighted by Crippen LogP contribution is 2.46. The van der Waals surface area contributed by atoms with Gasteiger partial charge in [-0.15, -0.1) is 0 Å². The Morgan fingerprint density at radius 1 is 1.14 bits per heavy atom. The molecule has 0 saturated carbocycles. The van der Waals surface area contributed by atoms with E-state index in [9.17, 15) is 18.8 Å². The maximum absolute atomic E-state index is 14.6. The van der Waals surface area contributed by atoms with Crippen LogP contribution in [0.5, 0.6) is 0 Å². The molecule has 2 aliphatic rings. The van der Waals surface area contributed by atoms with Gasteiger partial charge in [-0.25, -0.2) is 9.37 Å². The number of amides is 3. The molecule has 0 saturated heterocycles. The first kappa shape index (κ1) is 24.6. The zero-order valence-corrected chi connectivity index (χ0v) is 20.8. The van der Waals surface area contributed by atoms with Crippen molar-refractivity contribution in [1.29, 1.82) is 0 Å². The Morgan fingerprint density at radius 2 is 1.89 bits per heavy atom. The van der Waals surface area contributed by atoms with E-state index in [0.29, 0.717) is 29.9 Å². The summed E-state index contributed by atoms with van der Waals surface area (Å²) < 4.78 is 14.6. The van der Waals surface area contributed by atoms with Crippen molar-refractivity contribution in [2.75, 3.05) is 17.2 Å². The largest absolute Gasteiger partial charge is 0.326 e. The summed E-state index contributed by atoms with van der Waals surface area (Å²) in [6.45, 7) is 6.07. The van der Waals surface area contributed by atoms with Crippen LogP contribution in [-0.4, -0.2) is 39.8 Å². The van der Waals surface area contributed by atoms with Gasteiger partial charge in [-0.1, -0.05) is 36.4 Å². The molecule has 8 heteroatoms. The normalized spacial score (nSPS) is 17.8. The number of hydrogen-bond donors (Lipinski definition) is 2. The van der Waals surface area contributed by atoms with Crippen LogP contribution >= 0.6 is 0 Å². The minimum absolute atomic E-state index is 0.0640. The van der Waals surface area contributed by atoms with E-state index < -0.39 is 22.9 Å². The number of nitrogens with zero attached hydrogens (tertiary/aromatic N) is 2. The Labute approximate surface area is 215 Å². The van der Waals surface area contributed by atoms with Gasteiger partial charge in [0.05, 0.1) is 5.41 Å². The molecule has 3 amide bonds. The maximum atomic E-state index is 14.6. The molecule has 1 aliphatic carbocycles. The van der Waals surface area contributed by atoms with Gasteiger partial charge in [-0.05, 0) is 74.1 Å². The Kier molecular flexibility index (Phi) is 6.06. The van der Waals surface area contributed by atoms with Crippen molar-refractivity contribution in [1.82, 2.24) is 9.88 Å². The summed E-state index contributed by atoms with van der Waals surface area (Å²) in [5.74, 6) is -0.698. The van der Waals surface area contributed by atoms with Crippen LogP contribution in [0.4, 0.5) is 15.9 Å². The van der Waals surface area contributed by atoms with E-state index in [-0.39, 0.29) is 19.0 Å². The fourth-order valence-corrected chi connectivity index (χ4v) is 5.21. The monoisotopic (exact) mass is 499 g/mol. The highest BCUT2D eigenvalue weighted by Gasteiger charge is 2.51. The van der Waals surface area contributed by atoms with Gasteiger partial charge in [-0.2, -0.15) is 0 Å². The molecular formula is C29H28FN4O3. The number of carbonyl (C=O) groups is 3. The summed E-state index contributed by atoms with van der Waals surface area (Å²) >= 11 is 0. The maximum Gasteiger partial charge on any atom is 0.260 e. The van der Waals surface area contributed by atoms with E-state index in [4.69, 9.17) is 0 Å². The summed E-state index contributed by atoms with van der Waals surface area (Å²) in [5, 5.41) is 5.72. The van der Waals surface area contributed by atoms with Crippen LogP contribution in [0.25, 0.3) is 0 Å². The number of aromatic nitrogens is 1. The molecule has 0 bridgehead atoms. The van der Waals surface area contributed by atoms with Gasteiger partial charge in [-0.3, -0.25) is 14.4 Å². The lowest BCUT2D eigenvalue weighted by molar-refractivity contribution is -0.144. The molecule has 1 unspecified atom stereocenters. The van der Waals surface area contributed by atoms with Gasteiger partial charge in [0.1, 0.15) is 12.4 Å². The van der Waals surface area contributed by atoms with E-state index in [1.807, 2.05) is 36.4 Å². The van der Waals surface area contributed by atoms with Crippen LogP contribution in [0.15, 0.2) is 60.8 Å². The first-order chi connectivity index (χ1) is 17.6. The van der Waals surface area contributed by atoms with Crippen LogP contribution < -0.4 is 10.6 Å². The number of fused-ring (bicyclic) bond motifs is 3. The third-order valence-corrected chi connectivity index (χ3v) is 7.07. The molecule has 1 radical (unpaired) electrons. The molecule has 1 aromatic heterocycles. The van der Waals surface area contributed by atoms with Crippen LogP contribution in [0.2, 0.25) is 0 Å². The molecule has 1 aliphatic heterocycles. The number of rotatable bonds is 6. The van der Waals surface area contributed by atoms with Crippen molar-refractivity contribution in [3.63, 3.8) is 0 Å². The fraction of sp³-hybridized carbons (Fsp3) is 0.276. The Morgan fingerprint density at radius 3 is 2.65 bits per heavy atom. The second kappa shape index (κ2) is 9.10. The average molecular weight is 500 g/mol. The molecule has 3 aromatic rings. The lowest BCUT2D eigenvalue weighted by Crippen LogP contribution is -2.45. The van der Waals surface area contributed by atoms with Gasteiger partial charge >= 0.3 is 0 Å². The van der Waals surface area contributed by atoms with Gasteiger partial charge in [0.15, 0.2) is 5.67 Å². The molecule has 2 heterocycles. The smallest absolute Gasteiger partial charge is 0.260 e. The van der Waals surface area contributed by atoms with Gasteiger partial charge in [0.2, 0.25) is 11.8 Å². The SMILES string of the molecule is [CH2]c1ccccc1CN(CC(=O)Nc1ccc2c(c1)CC1(C2)C(=O)Nc2ncccc21)C(=O)C(C)(C)F. The van der Waals surface area contributed by atoms with Crippen molar-refractivity contribution in [2.24, 2.45) is 0 Å². The number of anilines is 2. The summed E-state index contributed by atoms with van der Waals surface area (Å²) in [4.78, 5) is 44.2. The highest BCUT2D eigenvalue weighted by molar-refractivity contribution is 6.06. The minimum atomic E-state index is -2.13. The number of alkyl halides is 1. The molecule has 189 valence electrons. The van der Waals surface area contributed by atoms with Crippen LogP contribution in [0.3, 0.4) is 0 Å². The van der Waals surface area contributed by atoms with E-state index in [0.717, 1.165) is 22.3 Å².